The summed E-state index contributed by atoms with van der Waals surface area (Å²) >= 11 is 3.41. The average Bonchev–Trinajstić information content (AvgIpc) is 3.06. The quantitative estimate of drug-likeness (QED) is 0.715. The predicted molar refractivity (Wildman–Crippen MR) is 98.1 cm³/mol. The Bertz CT molecular complexity index is 864. The third kappa shape index (κ3) is 2.84. The Balaban J connectivity index is 1.47. The monoisotopic (exact) mass is 383 g/mol. The number of nitrogens with one attached hydrogen (secondary N) is 1. The summed E-state index contributed by atoms with van der Waals surface area (Å²) in [4.78, 5) is 22.4. The Morgan fingerprint density at radius 3 is 2.67 bits per heavy atom. The van der Waals surface area contributed by atoms with Crippen LogP contribution in [0.25, 0.3) is 11.0 Å². The highest BCUT2D eigenvalue weighted by atomic mass is 79.9. The fraction of sp³-hybridized carbons (Fsp3) is 0.263. The van der Waals surface area contributed by atoms with Crippen molar-refractivity contribution in [1.29, 1.82) is 0 Å². The van der Waals surface area contributed by atoms with Crippen LogP contribution in [0.2, 0.25) is 0 Å². The highest BCUT2D eigenvalue weighted by molar-refractivity contribution is 9.10. The Labute approximate surface area is 149 Å². The van der Waals surface area contributed by atoms with E-state index in [1.165, 1.54) is 5.56 Å². The molecule has 0 bridgehead atoms. The van der Waals surface area contributed by atoms with Gasteiger partial charge in [-0.1, -0.05) is 15.9 Å². The molecule has 0 aliphatic carbocycles. The van der Waals surface area contributed by atoms with Gasteiger partial charge >= 0.3 is 0 Å². The average molecular weight is 384 g/mol. The van der Waals surface area contributed by atoms with Crippen LogP contribution in [0.5, 0.6) is 0 Å². The van der Waals surface area contributed by atoms with Crippen LogP contribution >= 0.6 is 15.9 Å². The van der Waals surface area contributed by atoms with Gasteiger partial charge in [-0.05, 0) is 60.7 Å². The van der Waals surface area contributed by atoms with Crippen molar-refractivity contribution in [3.8, 4) is 0 Å². The maximum absolute atomic E-state index is 12.6. The molecule has 4 nitrogen and oxygen atoms in total. The van der Waals surface area contributed by atoms with E-state index in [-0.39, 0.29) is 5.91 Å². The number of amides is 1. The number of fused-ring (bicyclic) bond motifs is 1. The number of rotatable bonds is 2. The number of pyridine rings is 1. The Hall–Kier alpha value is -2.14. The van der Waals surface area contributed by atoms with Gasteiger partial charge in [0.1, 0.15) is 0 Å². The van der Waals surface area contributed by atoms with Crippen LogP contribution in [-0.4, -0.2) is 33.9 Å². The number of hydrogen-bond acceptors (Lipinski definition) is 2. The van der Waals surface area contributed by atoms with Crippen molar-refractivity contribution in [3.05, 3.63) is 64.4 Å². The molecule has 1 fully saturated rings. The van der Waals surface area contributed by atoms with Crippen LogP contribution in [0.15, 0.2) is 53.3 Å². The number of piperidine rings is 1. The molecule has 24 heavy (non-hydrogen) atoms. The molecule has 1 amide bonds. The second kappa shape index (κ2) is 6.40. The number of carbonyl (C=O) groups is 1. The van der Waals surface area contributed by atoms with Gasteiger partial charge in [-0.15, -0.1) is 0 Å². The van der Waals surface area contributed by atoms with Crippen LogP contribution in [0.1, 0.15) is 34.7 Å². The lowest BCUT2D eigenvalue weighted by Crippen LogP contribution is -2.37. The molecule has 1 aliphatic heterocycles. The van der Waals surface area contributed by atoms with Crippen molar-refractivity contribution in [2.75, 3.05) is 13.1 Å². The lowest BCUT2D eigenvalue weighted by Gasteiger charge is -2.32. The number of halogens is 1. The second-order valence-electron chi connectivity index (χ2n) is 6.22. The molecule has 3 aromatic rings. The van der Waals surface area contributed by atoms with E-state index < -0.39 is 0 Å². The zero-order valence-corrected chi connectivity index (χ0v) is 14.8. The van der Waals surface area contributed by atoms with Gasteiger partial charge in [0.15, 0.2) is 0 Å². The van der Waals surface area contributed by atoms with E-state index in [0.29, 0.717) is 5.92 Å². The van der Waals surface area contributed by atoms with Crippen LogP contribution in [-0.2, 0) is 0 Å². The lowest BCUT2D eigenvalue weighted by atomic mass is 9.90. The fourth-order valence-electron chi connectivity index (χ4n) is 3.46. The first-order valence-corrected chi connectivity index (χ1v) is 8.98. The Morgan fingerprint density at radius 2 is 1.92 bits per heavy atom. The molecule has 0 atom stereocenters. The van der Waals surface area contributed by atoms with Gasteiger partial charge in [-0.25, -0.2) is 0 Å². The number of aromatic nitrogens is 2. The number of nitrogens with zero attached hydrogens (tertiary/aromatic N) is 2. The van der Waals surface area contributed by atoms with Crippen LogP contribution < -0.4 is 0 Å². The van der Waals surface area contributed by atoms with E-state index in [1.54, 1.807) is 0 Å². The molecule has 1 aliphatic rings. The summed E-state index contributed by atoms with van der Waals surface area (Å²) in [6, 6.07) is 11.6. The number of benzene rings is 1. The van der Waals surface area contributed by atoms with Gasteiger partial charge in [-0.2, -0.15) is 0 Å². The van der Waals surface area contributed by atoms with Crippen molar-refractivity contribution >= 4 is 32.9 Å². The summed E-state index contributed by atoms with van der Waals surface area (Å²) in [5, 5.41) is 0. The SMILES string of the molecule is O=C(c1ccc(Br)cc1)N1CCC(c2c[nH]c3cccnc23)CC1. The van der Waals surface area contributed by atoms with Gasteiger partial charge in [0.05, 0.1) is 11.0 Å². The fourth-order valence-corrected chi connectivity index (χ4v) is 3.72. The van der Waals surface area contributed by atoms with Crippen molar-refractivity contribution < 1.29 is 4.79 Å². The van der Waals surface area contributed by atoms with E-state index in [1.807, 2.05) is 41.4 Å². The topological polar surface area (TPSA) is 49.0 Å². The molecule has 2 aromatic heterocycles. The lowest BCUT2D eigenvalue weighted by molar-refractivity contribution is 0.0713. The van der Waals surface area contributed by atoms with Gasteiger partial charge in [0, 0.05) is 35.5 Å². The maximum Gasteiger partial charge on any atom is 0.253 e. The summed E-state index contributed by atoms with van der Waals surface area (Å²) in [7, 11) is 0. The molecule has 5 heteroatoms. The minimum Gasteiger partial charge on any atom is -0.360 e. The predicted octanol–water partition coefficient (Wildman–Crippen LogP) is 4.35. The maximum atomic E-state index is 12.6. The molecule has 0 unspecified atom stereocenters. The number of hydrogen-bond donors (Lipinski definition) is 1. The van der Waals surface area contributed by atoms with E-state index in [4.69, 9.17) is 0 Å². The number of carbonyl (C=O) groups excluding carboxylic acids is 1. The van der Waals surface area contributed by atoms with E-state index in [0.717, 1.165) is 47.0 Å². The number of H-pyrrole nitrogens is 1. The first kappa shape index (κ1) is 15.4. The smallest absolute Gasteiger partial charge is 0.253 e. The van der Waals surface area contributed by atoms with Crippen LogP contribution in [0, 0.1) is 0 Å². The van der Waals surface area contributed by atoms with E-state index in [2.05, 4.69) is 38.2 Å². The number of likely N-dealkylation sites (tertiary alicyclic amines) is 1. The molecule has 122 valence electrons. The van der Waals surface area contributed by atoms with E-state index >= 15 is 0 Å². The first-order valence-electron chi connectivity index (χ1n) is 8.19. The van der Waals surface area contributed by atoms with Gasteiger partial charge in [0.25, 0.3) is 5.91 Å². The number of aromatic amines is 1. The molecule has 1 saturated heterocycles. The molecule has 3 heterocycles. The standard InChI is InChI=1S/C19H18BrN3O/c20-15-5-3-14(4-6-15)19(24)23-10-7-13(8-11-23)16-12-22-17-2-1-9-21-18(16)17/h1-6,9,12-13,22H,7-8,10-11H2. The highest BCUT2D eigenvalue weighted by Gasteiger charge is 2.26. The normalized spacial score (nSPS) is 15.8. The van der Waals surface area contributed by atoms with Gasteiger partial charge in [-0.3, -0.25) is 9.78 Å². The molecule has 1 N–H and O–H groups in total. The van der Waals surface area contributed by atoms with Crippen molar-refractivity contribution in [2.45, 2.75) is 18.8 Å². The largest absolute Gasteiger partial charge is 0.360 e. The molecule has 1 aromatic carbocycles. The molecule has 0 saturated carbocycles. The van der Waals surface area contributed by atoms with Crippen molar-refractivity contribution in [1.82, 2.24) is 14.9 Å². The second-order valence-corrected chi connectivity index (χ2v) is 7.13. The molecule has 0 radical (unpaired) electrons. The zero-order chi connectivity index (χ0) is 16.5. The molecule has 0 spiro atoms. The summed E-state index contributed by atoms with van der Waals surface area (Å²) in [6.07, 6.45) is 5.87. The summed E-state index contributed by atoms with van der Waals surface area (Å²) in [5.41, 5.74) is 4.18. The Kier molecular flexibility index (Phi) is 4.10. The zero-order valence-electron chi connectivity index (χ0n) is 13.2. The Morgan fingerprint density at radius 1 is 1.17 bits per heavy atom. The summed E-state index contributed by atoms with van der Waals surface area (Å²) in [5.74, 6) is 0.584. The third-order valence-corrected chi connectivity index (χ3v) is 5.31. The molecular weight excluding hydrogens is 366 g/mol. The summed E-state index contributed by atoms with van der Waals surface area (Å²) < 4.78 is 0.990. The molecule has 4 rings (SSSR count). The van der Waals surface area contributed by atoms with Crippen LogP contribution in [0.3, 0.4) is 0 Å². The minimum absolute atomic E-state index is 0.123. The van der Waals surface area contributed by atoms with Gasteiger partial charge < -0.3 is 9.88 Å². The highest BCUT2D eigenvalue weighted by Crippen LogP contribution is 2.32. The van der Waals surface area contributed by atoms with Crippen molar-refractivity contribution in [3.63, 3.8) is 0 Å². The first-order chi connectivity index (χ1) is 11.7. The van der Waals surface area contributed by atoms with E-state index in [9.17, 15) is 4.79 Å². The molecular formula is C19H18BrN3O. The third-order valence-electron chi connectivity index (χ3n) is 4.78. The van der Waals surface area contributed by atoms with Crippen molar-refractivity contribution in [2.24, 2.45) is 0 Å². The minimum atomic E-state index is 0.123. The van der Waals surface area contributed by atoms with Crippen LogP contribution in [0.4, 0.5) is 0 Å². The summed E-state index contributed by atoms with van der Waals surface area (Å²) in [6.45, 7) is 1.58. The van der Waals surface area contributed by atoms with Gasteiger partial charge in [0.2, 0.25) is 0 Å².